The van der Waals surface area contributed by atoms with Crippen molar-refractivity contribution in [2.45, 2.75) is 38.0 Å². The largest absolute Gasteiger partial charge is 0.381 e. The Morgan fingerprint density at radius 2 is 2.13 bits per heavy atom. The molecule has 128 valence electrons. The summed E-state index contributed by atoms with van der Waals surface area (Å²) in [5.41, 5.74) is 1.03. The summed E-state index contributed by atoms with van der Waals surface area (Å²) in [6, 6.07) is 2.01. The zero-order valence-corrected chi connectivity index (χ0v) is 14.3. The summed E-state index contributed by atoms with van der Waals surface area (Å²) in [7, 11) is 4.03. The van der Waals surface area contributed by atoms with Crippen molar-refractivity contribution in [3.8, 4) is 0 Å². The molecule has 0 bridgehead atoms. The molecule has 6 nitrogen and oxygen atoms in total. The second kappa shape index (κ2) is 7.45. The minimum Gasteiger partial charge on any atom is -0.381 e. The lowest BCUT2D eigenvalue weighted by Gasteiger charge is -2.28. The van der Waals surface area contributed by atoms with E-state index in [1.165, 1.54) is 0 Å². The number of aryl methyl sites for hydroxylation is 1. The van der Waals surface area contributed by atoms with Crippen LogP contribution in [0.25, 0.3) is 0 Å². The number of hydrogen-bond acceptors (Lipinski definition) is 4. The number of carbonyl (C=O) groups excluding carboxylic acids is 1. The van der Waals surface area contributed by atoms with Gasteiger partial charge in [-0.2, -0.15) is 5.10 Å². The average molecular weight is 320 g/mol. The molecule has 1 atom stereocenters. The summed E-state index contributed by atoms with van der Waals surface area (Å²) < 4.78 is 7.31. The van der Waals surface area contributed by atoms with E-state index in [0.29, 0.717) is 18.3 Å². The number of aromatic nitrogens is 2. The van der Waals surface area contributed by atoms with Crippen molar-refractivity contribution in [3.63, 3.8) is 0 Å². The smallest absolute Gasteiger partial charge is 0.225 e. The van der Waals surface area contributed by atoms with Gasteiger partial charge in [0.05, 0.1) is 12.3 Å². The number of nitrogens with zero attached hydrogens (tertiary/aromatic N) is 3. The third kappa shape index (κ3) is 4.32. The van der Waals surface area contributed by atoms with Crippen LogP contribution in [0.2, 0.25) is 0 Å². The minimum atomic E-state index is 0.106. The van der Waals surface area contributed by atoms with Crippen LogP contribution in [0, 0.1) is 5.92 Å². The highest BCUT2D eigenvalue weighted by Gasteiger charge is 2.22. The van der Waals surface area contributed by atoms with Crippen LogP contribution in [0.3, 0.4) is 0 Å². The summed E-state index contributed by atoms with van der Waals surface area (Å²) in [6.45, 7) is 3.77. The summed E-state index contributed by atoms with van der Waals surface area (Å²) in [6.07, 6.45) is 5.03. The molecule has 1 N–H and O–H groups in total. The molecule has 1 aromatic rings. The van der Waals surface area contributed by atoms with Gasteiger partial charge in [-0.05, 0) is 51.7 Å². The van der Waals surface area contributed by atoms with Crippen LogP contribution in [-0.2, 0) is 16.6 Å². The quantitative estimate of drug-likeness (QED) is 0.921. The van der Waals surface area contributed by atoms with Gasteiger partial charge in [-0.1, -0.05) is 0 Å². The zero-order chi connectivity index (χ0) is 16.2. The highest BCUT2D eigenvalue weighted by molar-refractivity contribution is 5.90. The number of anilines is 1. The molecule has 2 saturated heterocycles. The molecule has 23 heavy (non-hydrogen) atoms. The second-order valence-corrected chi connectivity index (χ2v) is 6.99. The van der Waals surface area contributed by atoms with Crippen molar-refractivity contribution in [2.24, 2.45) is 13.0 Å². The van der Waals surface area contributed by atoms with Gasteiger partial charge in [-0.25, -0.2) is 0 Å². The van der Waals surface area contributed by atoms with E-state index in [1.54, 1.807) is 4.68 Å². The number of carbonyl (C=O) groups is 1. The topological polar surface area (TPSA) is 59.4 Å². The molecule has 6 heteroatoms. The van der Waals surface area contributed by atoms with Gasteiger partial charge in [-0.3, -0.25) is 9.48 Å². The molecule has 0 aliphatic carbocycles. The molecule has 3 rings (SSSR count). The number of rotatable bonds is 4. The van der Waals surface area contributed by atoms with Gasteiger partial charge in [-0.15, -0.1) is 0 Å². The van der Waals surface area contributed by atoms with Crippen LogP contribution in [0.1, 0.15) is 43.7 Å². The van der Waals surface area contributed by atoms with E-state index in [4.69, 9.17) is 4.74 Å². The standard InChI is InChI=1S/C17H28N4O2/c1-20-7-5-13(6-8-20)10-17(22)18-16-11-15(19-21(16)2)14-4-3-9-23-12-14/h11,13-14H,3-10,12H2,1-2H3,(H,18,22)/t14-/m1/s1. The molecule has 2 aliphatic heterocycles. The highest BCUT2D eigenvalue weighted by Crippen LogP contribution is 2.26. The molecule has 0 radical (unpaired) electrons. The number of piperidine rings is 1. The molecule has 0 unspecified atom stereocenters. The normalized spacial score (nSPS) is 23.8. The molecular formula is C17H28N4O2. The number of likely N-dealkylation sites (tertiary alicyclic amines) is 1. The molecule has 0 spiro atoms. The Balaban J connectivity index is 1.54. The third-order valence-corrected chi connectivity index (χ3v) is 5.06. The SMILES string of the molecule is CN1CCC(CC(=O)Nc2cc([C@@H]3CCCOC3)nn2C)CC1. The molecule has 0 saturated carbocycles. The van der Waals surface area contributed by atoms with Crippen molar-refractivity contribution in [1.29, 1.82) is 0 Å². The predicted octanol–water partition coefficient (Wildman–Crippen LogP) is 1.98. The van der Waals surface area contributed by atoms with Crippen molar-refractivity contribution in [1.82, 2.24) is 14.7 Å². The molecule has 1 amide bonds. The van der Waals surface area contributed by atoms with Gasteiger partial charge in [0, 0.05) is 32.1 Å². The van der Waals surface area contributed by atoms with Crippen LogP contribution in [0.4, 0.5) is 5.82 Å². The maximum atomic E-state index is 12.3. The summed E-state index contributed by atoms with van der Waals surface area (Å²) in [5.74, 6) is 1.76. The molecular weight excluding hydrogens is 292 g/mol. The van der Waals surface area contributed by atoms with E-state index >= 15 is 0 Å². The molecule has 1 aromatic heterocycles. The van der Waals surface area contributed by atoms with Gasteiger partial charge in [0.25, 0.3) is 0 Å². The number of amides is 1. The lowest BCUT2D eigenvalue weighted by atomic mass is 9.93. The first-order valence-corrected chi connectivity index (χ1v) is 8.72. The van der Waals surface area contributed by atoms with E-state index in [1.807, 2.05) is 13.1 Å². The van der Waals surface area contributed by atoms with Crippen LogP contribution < -0.4 is 5.32 Å². The Bertz CT molecular complexity index is 529. The minimum absolute atomic E-state index is 0.106. The first kappa shape index (κ1) is 16.5. The predicted molar refractivity (Wildman–Crippen MR) is 89.5 cm³/mol. The van der Waals surface area contributed by atoms with E-state index in [-0.39, 0.29) is 5.91 Å². The van der Waals surface area contributed by atoms with E-state index in [0.717, 1.165) is 63.5 Å². The monoisotopic (exact) mass is 320 g/mol. The van der Waals surface area contributed by atoms with Gasteiger partial charge in [0.2, 0.25) is 5.91 Å². The van der Waals surface area contributed by atoms with Crippen LogP contribution in [-0.4, -0.2) is 53.9 Å². The number of nitrogens with one attached hydrogen (secondary N) is 1. The maximum Gasteiger partial charge on any atom is 0.225 e. The van der Waals surface area contributed by atoms with Gasteiger partial charge < -0.3 is 15.0 Å². The third-order valence-electron chi connectivity index (χ3n) is 5.06. The van der Waals surface area contributed by atoms with Gasteiger partial charge in [0.1, 0.15) is 5.82 Å². The Kier molecular flexibility index (Phi) is 5.33. The van der Waals surface area contributed by atoms with Crippen molar-refractivity contribution < 1.29 is 9.53 Å². The Morgan fingerprint density at radius 3 is 2.83 bits per heavy atom. The summed E-state index contributed by atoms with van der Waals surface area (Å²) in [4.78, 5) is 14.6. The first-order valence-electron chi connectivity index (χ1n) is 8.72. The number of ether oxygens (including phenoxy) is 1. The fourth-order valence-corrected chi connectivity index (χ4v) is 3.50. The number of hydrogen-bond donors (Lipinski definition) is 1. The highest BCUT2D eigenvalue weighted by atomic mass is 16.5. The van der Waals surface area contributed by atoms with E-state index < -0.39 is 0 Å². The van der Waals surface area contributed by atoms with Crippen LogP contribution >= 0.6 is 0 Å². The first-order chi connectivity index (χ1) is 11.1. The van der Waals surface area contributed by atoms with E-state index in [2.05, 4.69) is 22.4 Å². The fourth-order valence-electron chi connectivity index (χ4n) is 3.50. The summed E-state index contributed by atoms with van der Waals surface area (Å²) >= 11 is 0. The lowest BCUT2D eigenvalue weighted by molar-refractivity contribution is -0.117. The van der Waals surface area contributed by atoms with Crippen molar-refractivity contribution in [3.05, 3.63) is 11.8 Å². The molecule has 2 aliphatic rings. The van der Waals surface area contributed by atoms with Crippen molar-refractivity contribution in [2.75, 3.05) is 38.7 Å². The molecule has 3 heterocycles. The van der Waals surface area contributed by atoms with Crippen LogP contribution in [0.15, 0.2) is 6.07 Å². The maximum absolute atomic E-state index is 12.3. The fraction of sp³-hybridized carbons (Fsp3) is 0.765. The second-order valence-electron chi connectivity index (χ2n) is 6.99. The Hall–Kier alpha value is -1.40. The van der Waals surface area contributed by atoms with Crippen molar-refractivity contribution >= 4 is 11.7 Å². The lowest BCUT2D eigenvalue weighted by Crippen LogP contribution is -2.32. The molecule has 2 fully saturated rings. The van der Waals surface area contributed by atoms with Crippen LogP contribution in [0.5, 0.6) is 0 Å². The van der Waals surface area contributed by atoms with E-state index in [9.17, 15) is 4.79 Å². The Labute approximate surface area is 138 Å². The van der Waals surface area contributed by atoms with Gasteiger partial charge >= 0.3 is 0 Å². The Morgan fingerprint density at radius 1 is 1.35 bits per heavy atom. The summed E-state index contributed by atoms with van der Waals surface area (Å²) in [5, 5.41) is 7.59. The molecule has 0 aromatic carbocycles. The zero-order valence-electron chi connectivity index (χ0n) is 14.3. The van der Waals surface area contributed by atoms with Gasteiger partial charge in [0.15, 0.2) is 0 Å². The average Bonchev–Trinajstić information content (AvgIpc) is 2.91.